The molecule has 2 aromatic heterocycles. The summed E-state index contributed by atoms with van der Waals surface area (Å²) in [6.07, 6.45) is 3.15. The van der Waals surface area contributed by atoms with Gasteiger partial charge >= 0.3 is 0 Å². The monoisotopic (exact) mass is 279 g/mol. The van der Waals surface area contributed by atoms with Crippen molar-refractivity contribution in [3.63, 3.8) is 0 Å². The van der Waals surface area contributed by atoms with Crippen LogP contribution in [0.25, 0.3) is 0 Å². The molecule has 104 valence electrons. The second-order valence-corrected chi connectivity index (χ2v) is 6.34. The summed E-state index contributed by atoms with van der Waals surface area (Å²) in [7, 11) is 0. The van der Waals surface area contributed by atoms with Crippen LogP contribution in [0.1, 0.15) is 28.3 Å². The van der Waals surface area contributed by atoms with Crippen LogP contribution in [0.4, 0.5) is 0 Å². The molecule has 0 radical (unpaired) electrons. The third-order valence-corrected chi connectivity index (χ3v) is 4.14. The summed E-state index contributed by atoms with van der Waals surface area (Å²) in [6, 6.07) is 4.34. The molecule has 0 aliphatic rings. The average Bonchev–Trinajstić information content (AvgIpc) is 2.96. The Bertz CT molecular complexity index is 507. The van der Waals surface area contributed by atoms with Crippen LogP contribution in [-0.2, 0) is 6.54 Å². The van der Waals surface area contributed by atoms with Gasteiger partial charge in [-0.15, -0.1) is 11.3 Å². The fourth-order valence-corrected chi connectivity index (χ4v) is 3.21. The Hall–Kier alpha value is -1.17. The molecule has 0 bridgehead atoms. The molecule has 2 heterocycles. The molecule has 0 aliphatic carbocycles. The van der Waals surface area contributed by atoms with Gasteiger partial charge in [0.2, 0.25) is 0 Å². The summed E-state index contributed by atoms with van der Waals surface area (Å²) in [5, 5.41) is 17.4. The van der Waals surface area contributed by atoms with Crippen LogP contribution < -0.4 is 5.32 Å². The predicted octanol–water partition coefficient (Wildman–Crippen LogP) is 2.27. The van der Waals surface area contributed by atoms with E-state index in [1.165, 1.54) is 15.3 Å². The number of aromatic nitrogens is 2. The standard InChI is InChI=1S/C14H21N3OS/c1-10-7-14(12(3)19-10)11(2)15-8-13(18)9-17-6-4-5-16-17/h4-7,11,13,15,18H,8-9H2,1-3H3. The first kappa shape index (κ1) is 14.2. The molecular formula is C14H21N3OS. The number of hydrogen-bond acceptors (Lipinski definition) is 4. The number of nitrogens with zero attached hydrogens (tertiary/aromatic N) is 2. The van der Waals surface area contributed by atoms with Gasteiger partial charge in [-0.25, -0.2) is 0 Å². The molecular weight excluding hydrogens is 258 g/mol. The van der Waals surface area contributed by atoms with Crippen molar-refractivity contribution < 1.29 is 5.11 Å². The molecule has 0 aliphatic heterocycles. The first-order valence-corrected chi connectivity index (χ1v) is 7.33. The quantitative estimate of drug-likeness (QED) is 0.853. The van der Waals surface area contributed by atoms with E-state index in [4.69, 9.17) is 0 Å². The largest absolute Gasteiger partial charge is 0.390 e. The van der Waals surface area contributed by atoms with Crippen molar-refractivity contribution >= 4 is 11.3 Å². The van der Waals surface area contributed by atoms with Gasteiger partial charge < -0.3 is 10.4 Å². The lowest BCUT2D eigenvalue weighted by Gasteiger charge is -2.17. The number of aliphatic hydroxyl groups excluding tert-OH is 1. The molecule has 2 atom stereocenters. The summed E-state index contributed by atoms with van der Waals surface area (Å²) in [6.45, 7) is 7.49. The highest BCUT2D eigenvalue weighted by Crippen LogP contribution is 2.25. The molecule has 2 unspecified atom stereocenters. The van der Waals surface area contributed by atoms with Gasteiger partial charge in [0.1, 0.15) is 0 Å². The lowest BCUT2D eigenvalue weighted by Crippen LogP contribution is -2.32. The van der Waals surface area contributed by atoms with E-state index < -0.39 is 6.10 Å². The third-order valence-electron chi connectivity index (χ3n) is 3.16. The zero-order valence-corrected chi connectivity index (χ0v) is 12.4. The van der Waals surface area contributed by atoms with Crippen LogP contribution in [0.15, 0.2) is 24.5 Å². The van der Waals surface area contributed by atoms with E-state index in [-0.39, 0.29) is 6.04 Å². The van der Waals surface area contributed by atoms with E-state index in [1.807, 2.05) is 23.6 Å². The second kappa shape index (κ2) is 6.32. The molecule has 2 N–H and O–H groups in total. The van der Waals surface area contributed by atoms with Gasteiger partial charge in [0.15, 0.2) is 0 Å². The van der Waals surface area contributed by atoms with E-state index in [1.54, 1.807) is 10.9 Å². The number of aliphatic hydroxyl groups is 1. The summed E-state index contributed by atoms with van der Waals surface area (Å²) in [4.78, 5) is 2.68. The molecule has 0 saturated carbocycles. The minimum atomic E-state index is -0.428. The Morgan fingerprint density at radius 1 is 1.47 bits per heavy atom. The number of nitrogens with one attached hydrogen (secondary N) is 1. The first-order chi connectivity index (χ1) is 9.06. The molecule has 0 amide bonds. The lowest BCUT2D eigenvalue weighted by molar-refractivity contribution is 0.143. The van der Waals surface area contributed by atoms with Crippen LogP contribution in [0.5, 0.6) is 0 Å². The molecule has 0 saturated heterocycles. The van der Waals surface area contributed by atoms with Crippen molar-refractivity contribution in [2.75, 3.05) is 6.54 Å². The fraction of sp³-hybridized carbons (Fsp3) is 0.500. The van der Waals surface area contributed by atoms with Crippen LogP contribution in [-0.4, -0.2) is 27.5 Å². The summed E-state index contributed by atoms with van der Waals surface area (Å²) in [5.74, 6) is 0. The first-order valence-electron chi connectivity index (χ1n) is 6.52. The van der Waals surface area contributed by atoms with Crippen LogP contribution >= 0.6 is 11.3 Å². The zero-order chi connectivity index (χ0) is 13.8. The smallest absolute Gasteiger partial charge is 0.0860 e. The molecule has 5 heteroatoms. The molecule has 0 spiro atoms. The number of thiophene rings is 1. The Labute approximate surface area is 118 Å². The van der Waals surface area contributed by atoms with Gasteiger partial charge in [0.05, 0.1) is 12.6 Å². The maximum Gasteiger partial charge on any atom is 0.0860 e. The normalized spacial score (nSPS) is 14.5. The summed E-state index contributed by atoms with van der Waals surface area (Å²) in [5.41, 5.74) is 1.33. The minimum absolute atomic E-state index is 0.261. The molecule has 4 nitrogen and oxygen atoms in total. The predicted molar refractivity (Wildman–Crippen MR) is 78.4 cm³/mol. The SMILES string of the molecule is Cc1cc(C(C)NCC(O)Cn2cccn2)c(C)s1. The number of hydrogen-bond donors (Lipinski definition) is 2. The van der Waals surface area contributed by atoms with E-state index in [9.17, 15) is 5.11 Å². The average molecular weight is 279 g/mol. The second-order valence-electron chi connectivity index (χ2n) is 4.88. The van der Waals surface area contributed by atoms with Gasteiger partial charge in [0, 0.05) is 34.7 Å². The van der Waals surface area contributed by atoms with Crippen molar-refractivity contribution in [3.8, 4) is 0 Å². The highest BCUT2D eigenvalue weighted by atomic mass is 32.1. The third kappa shape index (κ3) is 3.89. The van der Waals surface area contributed by atoms with Gasteiger partial charge in [-0.3, -0.25) is 4.68 Å². The Morgan fingerprint density at radius 3 is 2.84 bits per heavy atom. The van der Waals surface area contributed by atoms with Crippen LogP contribution in [0.2, 0.25) is 0 Å². The molecule has 19 heavy (non-hydrogen) atoms. The molecule has 2 aromatic rings. The van der Waals surface area contributed by atoms with Crippen molar-refractivity contribution in [2.24, 2.45) is 0 Å². The number of aryl methyl sites for hydroxylation is 2. The van der Waals surface area contributed by atoms with Gasteiger partial charge in [-0.05, 0) is 38.5 Å². The van der Waals surface area contributed by atoms with Crippen molar-refractivity contribution in [1.29, 1.82) is 0 Å². The topological polar surface area (TPSA) is 50.1 Å². The minimum Gasteiger partial charge on any atom is -0.390 e. The molecule has 0 aromatic carbocycles. The zero-order valence-electron chi connectivity index (χ0n) is 11.6. The van der Waals surface area contributed by atoms with Crippen molar-refractivity contribution in [1.82, 2.24) is 15.1 Å². The highest BCUT2D eigenvalue weighted by molar-refractivity contribution is 7.12. The van der Waals surface area contributed by atoms with Gasteiger partial charge in [-0.1, -0.05) is 0 Å². The molecule has 2 rings (SSSR count). The van der Waals surface area contributed by atoms with E-state index >= 15 is 0 Å². The van der Waals surface area contributed by atoms with Gasteiger partial charge in [0.25, 0.3) is 0 Å². The van der Waals surface area contributed by atoms with Crippen LogP contribution in [0.3, 0.4) is 0 Å². The number of rotatable bonds is 6. The summed E-state index contributed by atoms with van der Waals surface area (Å²) < 4.78 is 1.75. The Kier molecular flexibility index (Phi) is 4.74. The van der Waals surface area contributed by atoms with Gasteiger partial charge in [-0.2, -0.15) is 5.10 Å². The fourth-order valence-electron chi connectivity index (χ4n) is 2.19. The molecule has 0 fully saturated rings. The highest BCUT2D eigenvalue weighted by Gasteiger charge is 2.13. The maximum absolute atomic E-state index is 9.97. The van der Waals surface area contributed by atoms with E-state index in [2.05, 4.69) is 37.3 Å². The van der Waals surface area contributed by atoms with Crippen molar-refractivity contribution in [2.45, 2.75) is 39.5 Å². The van der Waals surface area contributed by atoms with E-state index in [0.29, 0.717) is 13.1 Å². The Balaban J connectivity index is 1.83. The maximum atomic E-state index is 9.97. The lowest BCUT2D eigenvalue weighted by atomic mass is 10.1. The van der Waals surface area contributed by atoms with Crippen molar-refractivity contribution in [3.05, 3.63) is 39.8 Å². The van der Waals surface area contributed by atoms with Crippen LogP contribution in [0, 0.1) is 13.8 Å². The van der Waals surface area contributed by atoms with E-state index in [0.717, 1.165) is 0 Å². The Morgan fingerprint density at radius 2 is 2.26 bits per heavy atom. The summed E-state index contributed by atoms with van der Waals surface area (Å²) >= 11 is 1.82.